The number of hydrogen-bond donors (Lipinski definition) is 3. The van der Waals surface area contributed by atoms with Crippen molar-refractivity contribution in [1.29, 1.82) is 0 Å². The van der Waals surface area contributed by atoms with Crippen LogP contribution in [0.15, 0.2) is 10.6 Å². The van der Waals surface area contributed by atoms with Crippen molar-refractivity contribution in [3.63, 3.8) is 0 Å². The van der Waals surface area contributed by atoms with E-state index in [0.29, 0.717) is 0 Å². The van der Waals surface area contributed by atoms with Crippen LogP contribution in [0.5, 0.6) is 0 Å². The third-order valence-corrected chi connectivity index (χ3v) is 2.53. The molecule has 5 heteroatoms. The minimum Gasteiger partial charge on any atom is -0.365 e. The van der Waals surface area contributed by atoms with E-state index in [1.807, 2.05) is 13.0 Å². The lowest BCUT2D eigenvalue weighted by molar-refractivity contribution is 0.398. The van der Waals surface area contributed by atoms with Crippen molar-refractivity contribution >= 4 is 5.82 Å². The van der Waals surface area contributed by atoms with E-state index >= 15 is 0 Å². The van der Waals surface area contributed by atoms with Crippen LogP contribution in [-0.2, 0) is 0 Å². The predicted molar refractivity (Wildman–Crippen MR) is 54.1 cm³/mol. The highest BCUT2D eigenvalue weighted by molar-refractivity contribution is 5.34. The Morgan fingerprint density at radius 3 is 3.21 bits per heavy atom. The summed E-state index contributed by atoms with van der Waals surface area (Å²) in [6.45, 7) is 4.45. The van der Waals surface area contributed by atoms with Gasteiger partial charge in [-0.15, -0.1) is 0 Å². The van der Waals surface area contributed by atoms with E-state index in [-0.39, 0.29) is 5.54 Å². The van der Waals surface area contributed by atoms with Gasteiger partial charge >= 0.3 is 0 Å². The fourth-order valence-electron chi connectivity index (χ4n) is 1.63. The standard InChI is InChI=1S/C9H16N4O/c1-7-4-8(13-14-7)12-6-9(10)2-3-11-5-9/h4,11H,2-3,5-6,10H2,1H3,(H,12,13)/t9-/m1/s1. The first-order valence-corrected chi connectivity index (χ1v) is 4.85. The maximum Gasteiger partial charge on any atom is 0.169 e. The minimum atomic E-state index is -0.146. The Morgan fingerprint density at radius 1 is 1.79 bits per heavy atom. The molecular formula is C9H16N4O. The molecule has 14 heavy (non-hydrogen) atoms. The van der Waals surface area contributed by atoms with Gasteiger partial charge in [0.25, 0.3) is 0 Å². The van der Waals surface area contributed by atoms with Crippen molar-refractivity contribution in [2.24, 2.45) is 5.73 Å². The fraction of sp³-hybridized carbons (Fsp3) is 0.667. The quantitative estimate of drug-likeness (QED) is 0.638. The second-order valence-corrected chi connectivity index (χ2v) is 3.97. The van der Waals surface area contributed by atoms with Crippen LogP contribution in [0.2, 0.25) is 0 Å². The van der Waals surface area contributed by atoms with Gasteiger partial charge in [-0.05, 0) is 19.9 Å². The van der Waals surface area contributed by atoms with E-state index in [2.05, 4.69) is 15.8 Å². The molecule has 0 bridgehead atoms. The van der Waals surface area contributed by atoms with E-state index < -0.39 is 0 Å². The zero-order chi connectivity index (χ0) is 10.0. The van der Waals surface area contributed by atoms with E-state index in [1.165, 1.54) is 0 Å². The molecular weight excluding hydrogens is 180 g/mol. The van der Waals surface area contributed by atoms with Gasteiger partial charge in [0.05, 0.1) is 0 Å². The highest BCUT2D eigenvalue weighted by Crippen LogP contribution is 2.13. The first-order chi connectivity index (χ1) is 6.68. The average molecular weight is 196 g/mol. The van der Waals surface area contributed by atoms with Crippen LogP contribution in [0, 0.1) is 6.92 Å². The third-order valence-electron chi connectivity index (χ3n) is 2.53. The van der Waals surface area contributed by atoms with Gasteiger partial charge in [0, 0.05) is 24.7 Å². The topological polar surface area (TPSA) is 76.1 Å². The summed E-state index contributed by atoms with van der Waals surface area (Å²) in [6.07, 6.45) is 0.997. The number of rotatable bonds is 3. The summed E-state index contributed by atoms with van der Waals surface area (Å²) in [5.41, 5.74) is 5.98. The van der Waals surface area contributed by atoms with Crippen molar-refractivity contribution in [3.05, 3.63) is 11.8 Å². The predicted octanol–water partition coefficient (Wildman–Crippen LogP) is 0.0857. The molecule has 0 amide bonds. The summed E-state index contributed by atoms with van der Waals surface area (Å²) in [7, 11) is 0. The van der Waals surface area contributed by atoms with E-state index in [1.54, 1.807) is 0 Å². The smallest absolute Gasteiger partial charge is 0.169 e. The van der Waals surface area contributed by atoms with Gasteiger partial charge in [-0.2, -0.15) is 0 Å². The molecule has 1 aliphatic rings. The Balaban J connectivity index is 1.87. The highest BCUT2D eigenvalue weighted by atomic mass is 16.5. The molecule has 1 saturated heterocycles. The Hall–Kier alpha value is -1.07. The number of aryl methyl sites for hydroxylation is 1. The van der Waals surface area contributed by atoms with Gasteiger partial charge in [0.15, 0.2) is 5.82 Å². The van der Waals surface area contributed by atoms with Crippen molar-refractivity contribution in [2.75, 3.05) is 25.0 Å². The minimum absolute atomic E-state index is 0.146. The number of anilines is 1. The van der Waals surface area contributed by atoms with Crippen LogP contribution < -0.4 is 16.4 Å². The molecule has 2 heterocycles. The lowest BCUT2D eigenvalue weighted by atomic mass is 10.0. The van der Waals surface area contributed by atoms with Crippen molar-refractivity contribution in [1.82, 2.24) is 10.5 Å². The highest BCUT2D eigenvalue weighted by Gasteiger charge is 2.28. The largest absolute Gasteiger partial charge is 0.365 e. The van der Waals surface area contributed by atoms with Crippen LogP contribution in [0.4, 0.5) is 5.82 Å². The summed E-state index contributed by atoms with van der Waals surface area (Å²) in [5.74, 6) is 1.57. The van der Waals surface area contributed by atoms with E-state index in [0.717, 1.165) is 37.6 Å². The van der Waals surface area contributed by atoms with Crippen LogP contribution in [0.25, 0.3) is 0 Å². The zero-order valence-corrected chi connectivity index (χ0v) is 8.34. The maximum absolute atomic E-state index is 6.13. The Labute approximate surface area is 83.0 Å². The molecule has 1 fully saturated rings. The lowest BCUT2D eigenvalue weighted by Crippen LogP contribution is -2.48. The first-order valence-electron chi connectivity index (χ1n) is 4.85. The zero-order valence-electron chi connectivity index (χ0n) is 8.34. The Morgan fingerprint density at radius 2 is 2.64 bits per heavy atom. The molecule has 1 aromatic rings. The van der Waals surface area contributed by atoms with E-state index in [4.69, 9.17) is 10.3 Å². The number of nitrogens with two attached hydrogens (primary N) is 1. The molecule has 78 valence electrons. The molecule has 0 saturated carbocycles. The SMILES string of the molecule is Cc1cc(NC[C@@]2(N)CCNC2)no1. The van der Waals surface area contributed by atoms with Gasteiger partial charge in [0.2, 0.25) is 0 Å². The van der Waals surface area contributed by atoms with Crippen molar-refractivity contribution < 1.29 is 4.52 Å². The number of aromatic nitrogens is 1. The second kappa shape index (κ2) is 3.59. The summed E-state index contributed by atoms with van der Waals surface area (Å²) in [5, 5.41) is 10.3. The normalized spacial score (nSPS) is 26.7. The van der Waals surface area contributed by atoms with Crippen molar-refractivity contribution in [2.45, 2.75) is 18.9 Å². The van der Waals surface area contributed by atoms with Crippen LogP contribution in [0.3, 0.4) is 0 Å². The maximum atomic E-state index is 6.13. The Kier molecular flexibility index (Phi) is 2.43. The summed E-state index contributed by atoms with van der Waals surface area (Å²) < 4.78 is 4.94. The first kappa shape index (κ1) is 9.48. The molecule has 0 aromatic carbocycles. The van der Waals surface area contributed by atoms with Gasteiger partial charge < -0.3 is 20.9 Å². The molecule has 1 atom stereocenters. The van der Waals surface area contributed by atoms with Gasteiger partial charge in [0.1, 0.15) is 5.76 Å². The molecule has 0 radical (unpaired) electrons. The van der Waals surface area contributed by atoms with E-state index in [9.17, 15) is 0 Å². The molecule has 5 nitrogen and oxygen atoms in total. The summed E-state index contributed by atoms with van der Waals surface area (Å²) >= 11 is 0. The monoisotopic (exact) mass is 196 g/mol. The summed E-state index contributed by atoms with van der Waals surface area (Å²) in [6, 6.07) is 1.87. The van der Waals surface area contributed by atoms with Crippen LogP contribution in [-0.4, -0.2) is 30.3 Å². The summed E-state index contributed by atoms with van der Waals surface area (Å²) in [4.78, 5) is 0. The van der Waals surface area contributed by atoms with Crippen LogP contribution in [0.1, 0.15) is 12.2 Å². The lowest BCUT2D eigenvalue weighted by Gasteiger charge is -2.22. The van der Waals surface area contributed by atoms with Crippen molar-refractivity contribution in [3.8, 4) is 0 Å². The fourth-order valence-corrected chi connectivity index (χ4v) is 1.63. The second-order valence-electron chi connectivity index (χ2n) is 3.97. The van der Waals surface area contributed by atoms with Gasteiger partial charge in [-0.1, -0.05) is 5.16 Å². The number of nitrogens with one attached hydrogen (secondary N) is 2. The molecule has 2 rings (SSSR count). The molecule has 4 N–H and O–H groups in total. The third kappa shape index (κ3) is 2.05. The molecule has 0 spiro atoms. The van der Waals surface area contributed by atoms with Gasteiger partial charge in [-0.25, -0.2) is 0 Å². The number of hydrogen-bond acceptors (Lipinski definition) is 5. The van der Waals surface area contributed by atoms with Crippen LogP contribution >= 0.6 is 0 Å². The molecule has 0 unspecified atom stereocenters. The molecule has 0 aliphatic carbocycles. The Bertz CT molecular complexity index is 304. The molecule has 1 aromatic heterocycles. The number of nitrogens with zero attached hydrogens (tertiary/aromatic N) is 1. The molecule has 1 aliphatic heterocycles. The average Bonchev–Trinajstić information content (AvgIpc) is 2.73. The van der Waals surface area contributed by atoms with Gasteiger partial charge in [-0.3, -0.25) is 0 Å².